The molecular weight excluding hydrogens is 270 g/mol. The normalized spacial score (nSPS) is 19.3. The molecule has 2 aromatic rings. The van der Waals surface area contributed by atoms with Gasteiger partial charge in [0.2, 0.25) is 0 Å². The molecule has 0 amide bonds. The van der Waals surface area contributed by atoms with Gasteiger partial charge in [0.15, 0.2) is 5.82 Å². The zero-order chi connectivity index (χ0) is 14.7. The van der Waals surface area contributed by atoms with Gasteiger partial charge >= 0.3 is 0 Å². The van der Waals surface area contributed by atoms with Crippen LogP contribution in [0, 0.1) is 0 Å². The molecule has 21 heavy (non-hydrogen) atoms. The van der Waals surface area contributed by atoms with Crippen molar-refractivity contribution >= 4 is 0 Å². The number of aliphatic hydroxyl groups is 1. The number of hydrogen-bond acceptors (Lipinski definition) is 6. The number of benzene rings is 1. The maximum Gasteiger partial charge on any atom is 0.256 e. The average molecular weight is 289 g/mol. The standard InChI is InChI=1S/C15H19N3O3/c16-10-12(19)13-17-14(18-21-13)15(6-8-20-9-7-15)11-4-2-1-3-5-11/h1-5,12,19H,6-10,16H2. The van der Waals surface area contributed by atoms with Gasteiger partial charge in [0.05, 0.1) is 5.41 Å². The van der Waals surface area contributed by atoms with Crippen molar-refractivity contribution in [3.8, 4) is 0 Å². The Kier molecular flexibility index (Phi) is 4.01. The summed E-state index contributed by atoms with van der Waals surface area (Å²) in [5.74, 6) is 0.772. The van der Waals surface area contributed by atoms with Crippen LogP contribution in [0.5, 0.6) is 0 Å². The van der Waals surface area contributed by atoms with Crippen LogP contribution in [0.15, 0.2) is 34.9 Å². The lowest BCUT2D eigenvalue weighted by molar-refractivity contribution is 0.0597. The molecule has 1 aromatic carbocycles. The van der Waals surface area contributed by atoms with Gasteiger partial charge in [-0.05, 0) is 18.4 Å². The maximum atomic E-state index is 9.75. The third kappa shape index (κ3) is 2.57. The van der Waals surface area contributed by atoms with E-state index in [0.717, 1.165) is 18.4 Å². The Morgan fingerprint density at radius 3 is 2.62 bits per heavy atom. The topological polar surface area (TPSA) is 94.4 Å². The van der Waals surface area contributed by atoms with E-state index < -0.39 is 6.10 Å². The van der Waals surface area contributed by atoms with E-state index in [0.29, 0.717) is 19.0 Å². The summed E-state index contributed by atoms with van der Waals surface area (Å²) in [6, 6.07) is 10.1. The van der Waals surface area contributed by atoms with Gasteiger partial charge in [-0.15, -0.1) is 0 Å². The van der Waals surface area contributed by atoms with E-state index in [1.807, 2.05) is 18.2 Å². The van der Waals surface area contributed by atoms with E-state index in [2.05, 4.69) is 22.3 Å². The summed E-state index contributed by atoms with van der Waals surface area (Å²) < 4.78 is 10.7. The summed E-state index contributed by atoms with van der Waals surface area (Å²) in [4.78, 5) is 4.39. The second kappa shape index (κ2) is 5.93. The van der Waals surface area contributed by atoms with Crippen molar-refractivity contribution in [3.63, 3.8) is 0 Å². The van der Waals surface area contributed by atoms with Crippen molar-refractivity contribution in [2.75, 3.05) is 19.8 Å². The number of hydrogen-bond donors (Lipinski definition) is 2. The first-order valence-corrected chi connectivity index (χ1v) is 7.12. The van der Waals surface area contributed by atoms with Crippen LogP contribution in [-0.4, -0.2) is 35.0 Å². The van der Waals surface area contributed by atoms with Crippen molar-refractivity contribution < 1.29 is 14.4 Å². The molecule has 112 valence electrons. The number of aliphatic hydroxyl groups excluding tert-OH is 1. The van der Waals surface area contributed by atoms with Crippen LogP contribution >= 0.6 is 0 Å². The third-order valence-electron chi connectivity index (χ3n) is 4.05. The number of rotatable bonds is 4. The fraction of sp³-hybridized carbons (Fsp3) is 0.467. The van der Waals surface area contributed by atoms with Crippen LogP contribution in [0.2, 0.25) is 0 Å². The van der Waals surface area contributed by atoms with E-state index in [-0.39, 0.29) is 17.9 Å². The summed E-state index contributed by atoms with van der Waals surface area (Å²) in [5.41, 5.74) is 6.26. The molecule has 1 aliphatic rings. The van der Waals surface area contributed by atoms with Crippen LogP contribution in [-0.2, 0) is 10.2 Å². The van der Waals surface area contributed by atoms with Crippen molar-refractivity contribution in [1.29, 1.82) is 0 Å². The highest BCUT2D eigenvalue weighted by atomic mass is 16.5. The van der Waals surface area contributed by atoms with Gasteiger partial charge in [0.25, 0.3) is 5.89 Å². The molecule has 0 bridgehead atoms. The monoisotopic (exact) mass is 289 g/mol. The number of nitrogens with zero attached hydrogens (tertiary/aromatic N) is 2. The van der Waals surface area contributed by atoms with Gasteiger partial charge in [-0.25, -0.2) is 0 Å². The minimum atomic E-state index is -0.918. The molecule has 1 saturated heterocycles. The summed E-state index contributed by atoms with van der Waals surface area (Å²) in [7, 11) is 0. The van der Waals surface area contributed by atoms with Crippen LogP contribution < -0.4 is 5.73 Å². The molecule has 1 fully saturated rings. The van der Waals surface area contributed by atoms with Crippen LogP contribution in [0.1, 0.15) is 36.2 Å². The van der Waals surface area contributed by atoms with Gasteiger partial charge in [-0.1, -0.05) is 35.5 Å². The largest absolute Gasteiger partial charge is 0.382 e. The Hall–Kier alpha value is -1.76. The lowest BCUT2D eigenvalue weighted by Crippen LogP contribution is -2.36. The highest BCUT2D eigenvalue weighted by Gasteiger charge is 2.40. The van der Waals surface area contributed by atoms with E-state index in [1.54, 1.807) is 0 Å². The zero-order valence-corrected chi connectivity index (χ0v) is 11.7. The summed E-state index contributed by atoms with van der Waals surface area (Å²) in [6.45, 7) is 1.36. The van der Waals surface area contributed by atoms with Crippen molar-refractivity contribution in [2.45, 2.75) is 24.4 Å². The number of nitrogens with two attached hydrogens (primary N) is 1. The van der Waals surface area contributed by atoms with Gasteiger partial charge in [0, 0.05) is 19.8 Å². The average Bonchev–Trinajstić information content (AvgIpc) is 3.06. The highest BCUT2D eigenvalue weighted by Crippen LogP contribution is 2.39. The quantitative estimate of drug-likeness (QED) is 0.877. The lowest BCUT2D eigenvalue weighted by atomic mass is 9.73. The van der Waals surface area contributed by atoms with Crippen LogP contribution in [0.25, 0.3) is 0 Å². The molecule has 6 heteroatoms. The Balaban J connectivity index is 2.02. The first kappa shape index (κ1) is 14.2. The molecule has 2 heterocycles. The van der Waals surface area contributed by atoms with Gasteiger partial charge in [-0.3, -0.25) is 0 Å². The maximum absolute atomic E-state index is 9.75. The SMILES string of the molecule is NCC(O)c1nc(C2(c3ccccc3)CCOCC2)no1. The smallest absolute Gasteiger partial charge is 0.256 e. The van der Waals surface area contributed by atoms with E-state index in [9.17, 15) is 5.11 Å². The second-order valence-electron chi connectivity index (χ2n) is 5.27. The minimum Gasteiger partial charge on any atom is -0.382 e. The molecule has 1 aliphatic heterocycles. The molecule has 0 spiro atoms. The van der Waals surface area contributed by atoms with Crippen molar-refractivity contribution in [2.24, 2.45) is 5.73 Å². The predicted molar refractivity (Wildman–Crippen MR) is 75.6 cm³/mol. The molecule has 0 radical (unpaired) electrons. The second-order valence-corrected chi connectivity index (χ2v) is 5.27. The van der Waals surface area contributed by atoms with Crippen LogP contribution in [0.4, 0.5) is 0 Å². The van der Waals surface area contributed by atoms with E-state index in [4.69, 9.17) is 15.0 Å². The molecular formula is C15H19N3O3. The predicted octanol–water partition coefficient (Wildman–Crippen LogP) is 1.16. The van der Waals surface area contributed by atoms with E-state index >= 15 is 0 Å². The zero-order valence-electron chi connectivity index (χ0n) is 11.7. The number of aromatic nitrogens is 2. The van der Waals surface area contributed by atoms with Crippen molar-refractivity contribution in [3.05, 3.63) is 47.6 Å². The summed E-state index contributed by atoms with van der Waals surface area (Å²) >= 11 is 0. The summed E-state index contributed by atoms with van der Waals surface area (Å²) in [5, 5.41) is 13.8. The van der Waals surface area contributed by atoms with Gasteiger partial charge < -0.3 is 20.1 Å². The molecule has 0 aliphatic carbocycles. The highest BCUT2D eigenvalue weighted by molar-refractivity contribution is 5.33. The fourth-order valence-corrected chi connectivity index (χ4v) is 2.78. The molecule has 0 saturated carbocycles. The summed E-state index contributed by atoms with van der Waals surface area (Å²) in [6.07, 6.45) is 0.655. The Morgan fingerprint density at radius 2 is 1.95 bits per heavy atom. The molecule has 1 aromatic heterocycles. The lowest BCUT2D eigenvalue weighted by Gasteiger charge is -2.34. The Labute approximate surface area is 122 Å². The van der Waals surface area contributed by atoms with Crippen LogP contribution in [0.3, 0.4) is 0 Å². The molecule has 3 N–H and O–H groups in total. The molecule has 6 nitrogen and oxygen atoms in total. The Morgan fingerprint density at radius 1 is 1.24 bits per heavy atom. The molecule has 3 rings (SSSR count). The van der Waals surface area contributed by atoms with E-state index in [1.165, 1.54) is 0 Å². The third-order valence-corrected chi connectivity index (χ3v) is 4.05. The molecule has 1 unspecified atom stereocenters. The fourth-order valence-electron chi connectivity index (χ4n) is 2.78. The first-order valence-electron chi connectivity index (χ1n) is 7.12. The molecule has 1 atom stereocenters. The van der Waals surface area contributed by atoms with Crippen molar-refractivity contribution in [1.82, 2.24) is 10.1 Å². The first-order chi connectivity index (χ1) is 10.3. The number of ether oxygens (including phenoxy) is 1. The van der Waals surface area contributed by atoms with Gasteiger partial charge in [0.1, 0.15) is 6.10 Å². The minimum absolute atomic E-state index is 0.0586. The Bertz CT molecular complexity index is 579. The van der Waals surface area contributed by atoms with Gasteiger partial charge in [-0.2, -0.15) is 4.98 Å².